The molecule has 2 aromatic carbocycles. The first-order chi connectivity index (χ1) is 11.6. The van der Waals surface area contributed by atoms with Crippen molar-refractivity contribution in [3.05, 3.63) is 60.0 Å². The lowest BCUT2D eigenvalue weighted by Crippen LogP contribution is -2.42. The molecule has 130 valence electrons. The summed E-state index contributed by atoms with van der Waals surface area (Å²) < 4.78 is 14.9. The van der Waals surface area contributed by atoms with E-state index in [1.807, 2.05) is 32.0 Å². The third-order valence-corrected chi connectivity index (χ3v) is 5.46. The summed E-state index contributed by atoms with van der Waals surface area (Å²) in [7, 11) is 0. The standard InChI is InChI=1S/C20H21FN2O2/c1-19(2,20(3,4)18(24)25)14-5-10-17-13(11-14)12-22-23(17)16-8-6-15(21)7-9-16/h5-12H,1-4H3,(H,24,25). The van der Waals surface area contributed by atoms with Gasteiger partial charge in [0.2, 0.25) is 0 Å². The molecule has 0 unspecified atom stereocenters. The quantitative estimate of drug-likeness (QED) is 0.758. The molecule has 0 aliphatic rings. The van der Waals surface area contributed by atoms with Crippen molar-refractivity contribution in [3.8, 4) is 5.69 Å². The average molecular weight is 340 g/mol. The Hall–Kier alpha value is -2.69. The van der Waals surface area contributed by atoms with Crippen LogP contribution in [0.15, 0.2) is 48.7 Å². The van der Waals surface area contributed by atoms with E-state index in [1.165, 1.54) is 12.1 Å². The van der Waals surface area contributed by atoms with Crippen LogP contribution >= 0.6 is 0 Å². The number of aliphatic carboxylic acids is 1. The van der Waals surface area contributed by atoms with Crippen molar-refractivity contribution < 1.29 is 14.3 Å². The van der Waals surface area contributed by atoms with Gasteiger partial charge in [-0.3, -0.25) is 4.79 Å². The highest BCUT2D eigenvalue weighted by atomic mass is 19.1. The van der Waals surface area contributed by atoms with Crippen LogP contribution in [0.2, 0.25) is 0 Å². The van der Waals surface area contributed by atoms with Gasteiger partial charge in [0.05, 0.1) is 22.8 Å². The van der Waals surface area contributed by atoms with Gasteiger partial charge in [-0.05, 0) is 55.8 Å². The molecular formula is C20H21FN2O2. The second kappa shape index (κ2) is 5.69. The molecule has 0 spiro atoms. The van der Waals surface area contributed by atoms with Crippen LogP contribution in [0.1, 0.15) is 33.3 Å². The number of carbonyl (C=O) groups is 1. The second-order valence-corrected chi connectivity index (χ2v) is 7.36. The highest BCUT2D eigenvalue weighted by molar-refractivity contribution is 5.82. The first kappa shape index (κ1) is 17.1. The highest BCUT2D eigenvalue weighted by Gasteiger charge is 2.44. The molecule has 0 aliphatic heterocycles. The van der Waals surface area contributed by atoms with Crippen molar-refractivity contribution in [2.24, 2.45) is 5.41 Å². The minimum atomic E-state index is -0.923. The van der Waals surface area contributed by atoms with Gasteiger partial charge in [-0.25, -0.2) is 9.07 Å². The third-order valence-electron chi connectivity index (χ3n) is 5.46. The Morgan fingerprint density at radius 2 is 1.72 bits per heavy atom. The zero-order valence-electron chi connectivity index (χ0n) is 14.7. The normalized spacial score (nSPS) is 12.5. The van der Waals surface area contributed by atoms with Gasteiger partial charge in [0.25, 0.3) is 0 Å². The number of benzene rings is 2. The fraction of sp³-hybridized carbons (Fsp3) is 0.300. The number of carboxylic acid groups (broad SMARTS) is 1. The summed E-state index contributed by atoms with van der Waals surface area (Å²) in [5.41, 5.74) is 1.11. The topological polar surface area (TPSA) is 55.1 Å². The zero-order chi connectivity index (χ0) is 18.4. The first-order valence-corrected chi connectivity index (χ1v) is 8.12. The predicted molar refractivity (Wildman–Crippen MR) is 95.5 cm³/mol. The van der Waals surface area contributed by atoms with E-state index >= 15 is 0 Å². The van der Waals surface area contributed by atoms with E-state index in [0.717, 1.165) is 22.2 Å². The smallest absolute Gasteiger partial charge is 0.309 e. The van der Waals surface area contributed by atoms with Gasteiger partial charge >= 0.3 is 5.97 Å². The second-order valence-electron chi connectivity index (χ2n) is 7.36. The molecule has 4 nitrogen and oxygen atoms in total. The summed E-state index contributed by atoms with van der Waals surface area (Å²) in [5, 5.41) is 14.9. The Labute approximate surface area is 145 Å². The molecule has 0 saturated carbocycles. The lowest BCUT2D eigenvalue weighted by atomic mass is 9.64. The van der Waals surface area contributed by atoms with Gasteiger partial charge in [0.15, 0.2) is 0 Å². The van der Waals surface area contributed by atoms with Gasteiger partial charge in [-0.1, -0.05) is 19.9 Å². The van der Waals surface area contributed by atoms with E-state index in [9.17, 15) is 14.3 Å². The van der Waals surface area contributed by atoms with Gasteiger partial charge in [-0.15, -0.1) is 0 Å². The van der Waals surface area contributed by atoms with Crippen LogP contribution in [0.25, 0.3) is 16.6 Å². The maximum Gasteiger partial charge on any atom is 0.309 e. The number of aromatic nitrogens is 2. The zero-order valence-corrected chi connectivity index (χ0v) is 14.7. The van der Waals surface area contributed by atoms with Crippen LogP contribution < -0.4 is 0 Å². The largest absolute Gasteiger partial charge is 0.481 e. The number of nitrogens with zero attached hydrogens (tertiary/aromatic N) is 2. The molecule has 25 heavy (non-hydrogen) atoms. The van der Waals surface area contributed by atoms with E-state index in [0.29, 0.717) is 0 Å². The van der Waals surface area contributed by atoms with Crippen LogP contribution in [0.3, 0.4) is 0 Å². The summed E-state index contributed by atoms with van der Waals surface area (Å²) in [5.74, 6) is -1.13. The van der Waals surface area contributed by atoms with Crippen molar-refractivity contribution in [1.82, 2.24) is 9.78 Å². The number of hydrogen-bond acceptors (Lipinski definition) is 2. The minimum absolute atomic E-state index is 0.292. The number of halogens is 1. The number of rotatable bonds is 4. The van der Waals surface area contributed by atoms with Crippen LogP contribution in [0.5, 0.6) is 0 Å². The summed E-state index contributed by atoms with van der Waals surface area (Å²) in [4.78, 5) is 11.7. The SMILES string of the molecule is CC(C)(C(=O)O)C(C)(C)c1ccc2c(cnn2-c2ccc(F)cc2)c1. The molecule has 0 radical (unpaired) electrons. The lowest BCUT2D eigenvalue weighted by molar-refractivity contribution is -0.150. The van der Waals surface area contributed by atoms with E-state index in [1.54, 1.807) is 36.9 Å². The molecule has 0 bridgehead atoms. The molecule has 3 aromatic rings. The molecule has 1 aromatic heterocycles. The predicted octanol–water partition coefficient (Wildman–Crippen LogP) is 4.55. The molecule has 0 aliphatic carbocycles. The van der Waals surface area contributed by atoms with Crippen molar-refractivity contribution >= 4 is 16.9 Å². The van der Waals surface area contributed by atoms with Crippen molar-refractivity contribution in [3.63, 3.8) is 0 Å². The van der Waals surface area contributed by atoms with E-state index in [2.05, 4.69) is 5.10 Å². The van der Waals surface area contributed by atoms with E-state index < -0.39 is 16.8 Å². The van der Waals surface area contributed by atoms with Gasteiger partial charge in [0.1, 0.15) is 5.82 Å². The maximum atomic E-state index is 13.1. The van der Waals surface area contributed by atoms with Gasteiger partial charge in [0, 0.05) is 10.8 Å². The molecule has 3 rings (SSSR count). The van der Waals surface area contributed by atoms with Crippen molar-refractivity contribution in [2.45, 2.75) is 33.1 Å². The highest BCUT2D eigenvalue weighted by Crippen LogP contribution is 2.42. The van der Waals surface area contributed by atoms with Crippen LogP contribution in [0, 0.1) is 11.2 Å². The third kappa shape index (κ3) is 2.69. The molecule has 5 heteroatoms. The molecule has 0 fully saturated rings. The lowest BCUT2D eigenvalue weighted by Gasteiger charge is -2.38. The van der Waals surface area contributed by atoms with E-state index in [4.69, 9.17) is 0 Å². The van der Waals surface area contributed by atoms with Crippen molar-refractivity contribution in [2.75, 3.05) is 0 Å². The molecule has 1 heterocycles. The average Bonchev–Trinajstić information content (AvgIpc) is 2.98. The Kier molecular flexibility index (Phi) is 3.90. The first-order valence-electron chi connectivity index (χ1n) is 8.12. The Morgan fingerprint density at radius 3 is 2.32 bits per heavy atom. The molecule has 0 saturated heterocycles. The minimum Gasteiger partial charge on any atom is -0.481 e. The summed E-state index contributed by atoms with van der Waals surface area (Å²) in [6.07, 6.45) is 1.74. The Bertz CT molecular complexity index is 940. The maximum absolute atomic E-state index is 13.1. The Morgan fingerprint density at radius 1 is 1.08 bits per heavy atom. The fourth-order valence-corrected chi connectivity index (χ4v) is 2.84. The number of fused-ring (bicyclic) bond motifs is 1. The molecule has 0 atom stereocenters. The molecule has 0 amide bonds. The Balaban J connectivity index is 2.08. The number of hydrogen-bond donors (Lipinski definition) is 1. The molecule has 1 N–H and O–H groups in total. The summed E-state index contributed by atoms with van der Waals surface area (Å²) in [6, 6.07) is 12.0. The van der Waals surface area contributed by atoms with Gasteiger partial charge in [-0.2, -0.15) is 5.10 Å². The molecular weight excluding hydrogens is 319 g/mol. The van der Waals surface area contributed by atoms with Gasteiger partial charge < -0.3 is 5.11 Å². The van der Waals surface area contributed by atoms with E-state index in [-0.39, 0.29) is 5.82 Å². The number of carboxylic acids is 1. The van der Waals surface area contributed by atoms with Crippen LogP contribution in [-0.4, -0.2) is 20.9 Å². The monoisotopic (exact) mass is 340 g/mol. The fourth-order valence-electron chi connectivity index (χ4n) is 2.84. The van der Waals surface area contributed by atoms with Crippen LogP contribution in [-0.2, 0) is 10.2 Å². The summed E-state index contributed by atoms with van der Waals surface area (Å²) >= 11 is 0. The van der Waals surface area contributed by atoms with Crippen LogP contribution in [0.4, 0.5) is 4.39 Å². The summed E-state index contributed by atoms with van der Waals surface area (Å²) in [6.45, 7) is 7.35. The van der Waals surface area contributed by atoms with Crippen molar-refractivity contribution in [1.29, 1.82) is 0 Å².